The smallest absolute Gasteiger partial charge is 0.261 e. The molecule has 0 atom stereocenters. The van der Waals surface area contributed by atoms with Gasteiger partial charge in [-0.2, -0.15) is 0 Å². The standard InChI is InChI=1S/C14H13BrN4O/c1-2-18-8-16-6-11(18)7-19-9-17-13-5-10(15)3-4-12(13)14(19)20/h3-6,8-9H,2,7H2,1H3. The predicted octanol–water partition coefficient (Wildman–Crippen LogP) is 2.42. The molecule has 3 aromatic rings. The topological polar surface area (TPSA) is 52.7 Å². The lowest BCUT2D eigenvalue weighted by atomic mass is 10.2. The van der Waals surface area contributed by atoms with Gasteiger partial charge in [-0.3, -0.25) is 9.36 Å². The Kier molecular flexibility index (Phi) is 3.40. The highest BCUT2D eigenvalue weighted by Crippen LogP contribution is 2.15. The van der Waals surface area contributed by atoms with Gasteiger partial charge in [0.05, 0.1) is 35.8 Å². The number of benzene rings is 1. The Labute approximate surface area is 124 Å². The van der Waals surface area contributed by atoms with E-state index < -0.39 is 0 Å². The largest absolute Gasteiger partial charge is 0.333 e. The minimum atomic E-state index is -0.0358. The van der Waals surface area contributed by atoms with Crippen LogP contribution in [0.3, 0.4) is 0 Å². The molecule has 0 saturated heterocycles. The number of aromatic nitrogens is 4. The highest BCUT2D eigenvalue weighted by molar-refractivity contribution is 9.10. The van der Waals surface area contributed by atoms with Crippen molar-refractivity contribution in [2.45, 2.75) is 20.0 Å². The van der Waals surface area contributed by atoms with Gasteiger partial charge in [-0.25, -0.2) is 9.97 Å². The Morgan fingerprint density at radius 1 is 1.25 bits per heavy atom. The average Bonchev–Trinajstić information content (AvgIpc) is 2.89. The van der Waals surface area contributed by atoms with E-state index in [1.807, 2.05) is 23.6 Å². The normalized spacial score (nSPS) is 11.1. The van der Waals surface area contributed by atoms with Gasteiger partial charge in [-0.1, -0.05) is 15.9 Å². The van der Waals surface area contributed by atoms with Crippen molar-refractivity contribution in [3.63, 3.8) is 0 Å². The summed E-state index contributed by atoms with van der Waals surface area (Å²) in [5, 5.41) is 0.623. The van der Waals surface area contributed by atoms with Crippen LogP contribution in [0.5, 0.6) is 0 Å². The van der Waals surface area contributed by atoms with E-state index in [9.17, 15) is 4.79 Å². The van der Waals surface area contributed by atoms with Crippen molar-refractivity contribution in [3.05, 3.63) is 57.6 Å². The summed E-state index contributed by atoms with van der Waals surface area (Å²) in [7, 11) is 0. The molecule has 3 rings (SSSR count). The number of aryl methyl sites for hydroxylation is 1. The van der Waals surface area contributed by atoms with E-state index in [1.54, 1.807) is 29.5 Å². The van der Waals surface area contributed by atoms with Gasteiger partial charge >= 0.3 is 0 Å². The molecule has 0 saturated carbocycles. The van der Waals surface area contributed by atoms with Crippen LogP contribution in [0, 0.1) is 0 Å². The SMILES string of the molecule is CCn1cncc1Cn1cnc2cc(Br)ccc2c1=O. The van der Waals surface area contributed by atoms with Crippen molar-refractivity contribution >= 4 is 26.8 Å². The molecule has 0 aliphatic heterocycles. The molecule has 102 valence electrons. The fraction of sp³-hybridized carbons (Fsp3) is 0.214. The maximum absolute atomic E-state index is 12.4. The maximum atomic E-state index is 12.4. The minimum Gasteiger partial charge on any atom is -0.333 e. The molecule has 6 heteroatoms. The third-order valence-corrected chi connectivity index (χ3v) is 3.75. The second-order valence-corrected chi connectivity index (χ2v) is 5.43. The van der Waals surface area contributed by atoms with Crippen LogP contribution >= 0.6 is 15.9 Å². The average molecular weight is 333 g/mol. The molecule has 0 N–H and O–H groups in total. The third-order valence-electron chi connectivity index (χ3n) is 3.26. The number of hydrogen-bond acceptors (Lipinski definition) is 3. The zero-order valence-electron chi connectivity index (χ0n) is 11.0. The van der Waals surface area contributed by atoms with Gasteiger partial charge in [0, 0.05) is 17.2 Å². The van der Waals surface area contributed by atoms with E-state index in [0.717, 1.165) is 16.7 Å². The predicted molar refractivity (Wildman–Crippen MR) is 80.7 cm³/mol. The van der Waals surface area contributed by atoms with Crippen LogP contribution in [0.15, 0.2) is 46.3 Å². The number of nitrogens with zero attached hydrogens (tertiary/aromatic N) is 4. The molecule has 0 fully saturated rings. The molecule has 2 heterocycles. The second kappa shape index (κ2) is 5.20. The van der Waals surface area contributed by atoms with E-state index in [0.29, 0.717) is 17.4 Å². The fourth-order valence-corrected chi connectivity index (χ4v) is 2.53. The van der Waals surface area contributed by atoms with Crippen molar-refractivity contribution < 1.29 is 0 Å². The molecule has 0 spiro atoms. The molecule has 0 aliphatic rings. The molecule has 2 aromatic heterocycles. The van der Waals surface area contributed by atoms with Gasteiger partial charge in [-0.15, -0.1) is 0 Å². The summed E-state index contributed by atoms with van der Waals surface area (Å²) in [4.78, 5) is 20.9. The van der Waals surface area contributed by atoms with E-state index in [-0.39, 0.29) is 5.56 Å². The van der Waals surface area contributed by atoms with Crippen LogP contribution in [0.2, 0.25) is 0 Å². The molecule has 20 heavy (non-hydrogen) atoms. The van der Waals surface area contributed by atoms with Gasteiger partial charge in [0.2, 0.25) is 0 Å². The summed E-state index contributed by atoms with van der Waals surface area (Å²) in [6.45, 7) is 3.35. The first-order valence-corrected chi connectivity index (χ1v) is 7.12. The van der Waals surface area contributed by atoms with Crippen LogP contribution in [-0.2, 0) is 13.1 Å². The van der Waals surface area contributed by atoms with Crippen molar-refractivity contribution in [2.75, 3.05) is 0 Å². The van der Waals surface area contributed by atoms with Crippen molar-refractivity contribution in [2.24, 2.45) is 0 Å². The van der Waals surface area contributed by atoms with Crippen LogP contribution in [0.4, 0.5) is 0 Å². The zero-order valence-corrected chi connectivity index (χ0v) is 12.5. The van der Waals surface area contributed by atoms with E-state index in [4.69, 9.17) is 0 Å². The van der Waals surface area contributed by atoms with E-state index in [1.165, 1.54) is 0 Å². The number of hydrogen-bond donors (Lipinski definition) is 0. The number of imidazole rings is 1. The summed E-state index contributed by atoms with van der Waals surface area (Å²) in [6, 6.07) is 5.49. The summed E-state index contributed by atoms with van der Waals surface area (Å²) < 4.78 is 4.54. The first-order chi connectivity index (χ1) is 9.69. The van der Waals surface area contributed by atoms with Crippen LogP contribution in [0.25, 0.3) is 10.9 Å². The third kappa shape index (κ3) is 2.27. The molecule has 0 bridgehead atoms. The number of rotatable bonds is 3. The summed E-state index contributed by atoms with van der Waals surface area (Å²) in [6.07, 6.45) is 5.14. The molecule has 0 radical (unpaired) electrons. The molecular formula is C14H13BrN4O. The van der Waals surface area contributed by atoms with Gasteiger partial charge in [-0.05, 0) is 25.1 Å². The van der Waals surface area contributed by atoms with Crippen molar-refractivity contribution in [1.82, 2.24) is 19.1 Å². The molecule has 0 aliphatic carbocycles. The highest BCUT2D eigenvalue weighted by Gasteiger charge is 2.07. The van der Waals surface area contributed by atoms with Gasteiger partial charge in [0.15, 0.2) is 0 Å². The van der Waals surface area contributed by atoms with E-state index in [2.05, 4.69) is 25.9 Å². The number of fused-ring (bicyclic) bond motifs is 1. The molecule has 1 aromatic carbocycles. The van der Waals surface area contributed by atoms with Crippen LogP contribution in [-0.4, -0.2) is 19.1 Å². The first-order valence-electron chi connectivity index (χ1n) is 6.32. The summed E-state index contributed by atoms with van der Waals surface area (Å²) in [5.41, 5.74) is 1.66. The maximum Gasteiger partial charge on any atom is 0.261 e. The van der Waals surface area contributed by atoms with Crippen molar-refractivity contribution in [1.29, 1.82) is 0 Å². The monoisotopic (exact) mass is 332 g/mol. The Hall–Kier alpha value is -1.95. The lowest BCUT2D eigenvalue weighted by Crippen LogP contribution is -2.22. The summed E-state index contributed by atoms with van der Waals surface area (Å²) >= 11 is 3.38. The second-order valence-electron chi connectivity index (χ2n) is 4.51. The Bertz CT molecular complexity index is 821. The van der Waals surface area contributed by atoms with Gasteiger partial charge in [0.25, 0.3) is 5.56 Å². The van der Waals surface area contributed by atoms with Gasteiger partial charge in [0.1, 0.15) is 0 Å². The molecule has 0 unspecified atom stereocenters. The van der Waals surface area contributed by atoms with Crippen molar-refractivity contribution in [3.8, 4) is 0 Å². The zero-order chi connectivity index (χ0) is 14.1. The lowest BCUT2D eigenvalue weighted by Gasteiger charge is -2.08. The summed E-state index contributed by atoms with van der Waals surface area (Å²) in [5.74, 6) is 0. The van der Waals surface area contributed by atoms with Crippen LogP contribution in [0.1, 0.15) is 12.6 Å². The lowest BCUT2D eigenvalue weighted by molar-refractivity contribution is 0.652. The van der Waals surface area contributed by atoms with Crippen LogP contribution < -0.4 is 5.56 Å². The van der Waals surface area contributed by atoms with E-state index >= 15 is 0 Å². The molecule has 5 nitrogen and oxygen atoms in total. The van der Waals surface area contributed by atoms with Gasteiger partial charge < -0.3 is 4.57 Å². The molecule has 0 amide bonds. The Morgan fingerprint density at radius 3 is 2.90 bits per heavy atom. The quantitative estimate of drug-likeness (QED) is 0.740. The Balaban J connectivity index is 2.07. The highest BCUT2D eigenvalue weighted by atomic mass is 79.9. The first kappa shape index (κ1) is 13.1. The Morgan fingerprint density at radius 2 is 2.10 bits per heavy atom. The number of halogens is 1. The minimum absolute atomic E-state index is 0.0358. The molecular weight excluding hydrogens is 320 g/mol. The fourth-order valence-electron chi connectivity index (χ4n) is 2.18.